The van der Waals surface area contributed by atoms with E-state index in [0.29, 0.717) is 12.8 Å². The second-order valence-corrected chi connectivity index (χ2v) is 4.08. The number of carbonyl (C=O) groups excluding carboxylic acids is 1. The van der Waals surface area contributed by atoms with Crippen molar-refractivity contribution >= 4 is 11.9 Å². The third kappa shape index (κ3) is 6.52. The molecule has 1 atom stereocenters. The molecule has 104 valence electrons. The summed E-state index contributed by atoms with van der Waals surface area (Å²) in [6, 6.07) is 5.54. The van der Waals surface area contributed by atoms with E-state index in [4.69, 9.17) is 9.84 Å². The van der Waals surface area contributed by atoms with E-state index in [-0.39, 0.29) is 18.9 Å². The summed E-state index contributed by atoms with van der Waals surface area (Å²) in [6.45, 7) is 0.198. The number of aromatic nitrogens is 1. The van der Waals surface area contributed by atoms with Gasteiger partial charge in [0.2, 0.25) is 5.91 Å². The molecule has 0 aliphatic carbocycles. The van der Waals surface area contributed by atoms with Crippen molar-refractivity contribution in [1.82, 2.24) is 10.3 Å². The molecule has 0 saturated heterocycles. The molecule has 0 aliphatic rings. The number of amides is 1. The van der Waals surface area contributed by atoms with E-state index < -0.39 is 12.1 Å². The zero-order chi connectivity index (χ0) is 14.1. The fourth-order valence-electron chi connectivity index (χ4n) is 1.54. The van der Waals surface area contributed by atoms with E-state index >= 15 is 0 Å². The van der Waals surface area contributed by atoms with Crippen LogP contribution in [0.5, 0.6) is 0 Å². The maximum absolute atomic E-state index is 11.6. The van der Waals surface area contributed by atoms with Crippen molar-refractivity contribution in [3.05, 3.63) is 30.1 Å². The average molecular weight is 266 g/mol. The molecule has 1 unspecified atom stereocenters. The van der Waals surface area contributed by atoms with Crippen molar-refractivity contribution in [3.63, 3.8) is 0 Å². The monoisotopic (exact) mass is 266 g/mol. The number of nitrogens with zero attached hydrogens (tertiary/aromatic N) is 1. The van der Waals surface area contributed by atoms with Crippen LogP contribution in [0.15, 0.2) is 24.4 Å². The molecule has 0 bridgehead atoms. The standard InChI is InChI=1S/C13H18N2O4/c1-19-11(8-13(17)18)9-15-12(16)6-5-10-4-2-3-7-14-10/h2-4,7,11H,5-6,8-9H2,1H3,(H,15,16)(H,17,18). The highest BCUT2D eigenvalue weighted by atomic mass is 16.5. The van der Waals surface area contributed by atoms with Crippen LogP contribution in [0.4, 0.5) is 0 Å². The molecule has 1 heterocycles. The summed E-state index contributed by atoms with van der Waals surface area (Å²) in [5, 5.41) is 11.3. The van der Waals surface area contributed by atoms with Crippen molar-refractivity contribution < 1.29 is 19.4 Å². The highest BCUT2D eigenvalue weighted by molar-refractivity contribution is 5.76. The Morgan fingerprint density at radius 3 is 2.84 bits per heavy atom. The highest BCUT2D eigenvalue weighted by Crippen LogP contribution is 1.99. The van der Waals surface area contributed by atoms with E-state index in [1.54, 1.807) is 6.20 Å². The van der Waals surface area contributed by atoms with Crippen LogP contribution in [0, 0.1) is 0 Å². The van der Waals surface area contributed by atoms with Gasteiger partial charge in [0, 0.05) is 32.0 Å². The quantitative estimate of drug-likeness (QED) is 0.720. The van der Waals surface area contributed by atoms with Crippen molar-refractivity contribution in [2.45, 2.75) is 25.4 Å². The van der Waals surface area contributed by atoms with Gasteiger partial charge in [-0.05, 0) is 18.6 Å². The van der Waals surface area contributed by atoms with Gasteiger partial charge in [-0.15, -0.1) is 0 Å². The fraction of sp³-hybridized carbons (Fsp3) is 0.462. The lowest BCUT2D eigenvalue weighted by Crippen LogP contribution is -2.34. The number of nitrogens with one attached hydrogen (secondary N) is 1. The summed E-state index contributed by atoms with van der Waals surface area (Å²) in [5.74, 6) is -1.09. The van der Waals surface area contributed by atoms with Crippen molar-refractivity contribution in [2.75, 3.05) is 13.7 Å². The molecule has 6 nitrogen and oxygen atoms in total. The maximum atomic E-state index is 11.6. The lowest BCUT2D eigenvalue weighted by Gasteiger charge is -2.13. The number of carboxylic acid groups (broad SMARTS) is 1. The van der Waals surface area contributed by atoms with Gasteiger partial charge in [0.25, 0.3) is 0 Å². The van der Waals surface area contributed by atoms with Gasteiger partial charge >= 0.3 is 5.97 Å². The van der Waals surface area contributed by atoms with Crippen LogP contribution in [0.25, 0.3) is 0 Å². The third-order valence-electron chi connectivity index (χ3n) is 2.60. The normalized spacial score (nSPS) is 11.8. The number of carbonyl (C=O) groups is 2. The lowest BCUT2D eigenvalue weighted by molar-refractivity contribution is -0.140. The smallest absolute Gasteiger partial charge is 0.306 e. The largest absolute Gasteiger partial charge is 0.481 e. The molecule has 2 N–H and O–H groups in total. The van der Waals surface area contributed by atoms with Crippen LogP contribution in [-0.4, -0.2) is 41.7 Å². The van der Waals surface area contributed by atoms with Gasteiger partial charge < -0.3 is 15.2 Å². The molecule has 1 amide bonds. The number of methoxy groups -OCH3 is 1. The van der Waals surface area contributed by atoms with Gasteiger partial charge in [-0.25, -0.2) is 0 Å². The minimum Gasteiger partial charge on any atom is -0.481 e. The predicted molar refractivity (Wildman–Crippen MR) is 68.6 cm³/mol. The number of carboxylic acids is 1. The van der Waals surface area contributed by atoms with E-state index in [1.807, 2.05) is 18.2 Å². The van der Waals surface area contributed by atoms with E-state index in [1.165, 1.54) is 7.11 Å². The number of aliphatic carboxylic acids is 1. The van der Waals surface area contributed by atoms with Crippen molar-refractivity contribution in [1.29, 1.82) is 0 Å². The number of ether oxygens (including phenoxy) is 1. The minimum absolute atomic E-state index is 0.128. The number of rotatable bonds is 8. The second kappa shape index (κ2) is 8.20. The van der Waals surface area contributed by atoms with Gasteiger partial charge in [0.15, 0.2) is 0 Å². The maximum Gasteiger partial charge on any atom is 0.306 e. The summed E-state index contributed by atoms with van der Waals surface area (Å²) >= 11 is 0. The number of hydrogen-bond donors (Lipinski definition) is 2. The summed E-state index contributed by atoms with van der Waals surface area (Å²) < 4.78 is 4.97. The van der Waals surface area contributed by atoms with Crippen LogP contribution in [0.2, 0.25) is 0 Å². The summed E-state index contributed by atoms with van der Waals surface area (Å²) in [5.41, 5.74) is 0.853. The Balaban J connectivity index is 2.25. The summed E-state index contributed by atoms with van der Waals surface area (Å²) in [7, 11) is 1.42. The fourth-order valence-corrected chi connectivity index (χ4v) is 1.54. The van der Waals surface area contributed by atoms with Gasteiger partial charge in [-0.2, -0.15) is 0 Å². The molecule has 6 heteroatoms. The van der Waals surface area contributed by atoms with Gasteiger partial charge in [-0.3, -0.25) is 14.6 Å². The Hall–Kier alpha value is -1.95. The molecule has 0 radical (unpaired) electrons. The molecule has 0 aromatic carbocycles. The number of pyridine rings is 1. The highest BCUT2D eigenvalue weighted by Gasteiger charge is 2.13. The van der Waals surface area contributed by atoms with Gasteiger partial charge in [0.05, 0.1) is 12.5 Å². The first kappa shape index (κ1) is 15.1. The topological polar surface area (TPSA) is 88.5 Å². The molecule has 1 aromatic heterocycles. The van der Waals surface area contributed by atoms with E-state index in [0.717, 1.165) is 5.69 Å². The van der Waals surface area contributed by atoms with Crippen molar-refractivity contribution in [3.8, 4) is 0 Å². The van der Waals surface area contributed by atoms with E-state index in [2.05, 4.69) is 10.3 Å². The molecular formula is C13H18N2O4. The zero-order valence-corrected chi connectivity index (χ0v) is 10.8. The average Bonchev–Trinajstić information content (AvgIpc) is 2.42. The molecular weight excluding hydrogens is 248 g/mol. The second-order valence-electron chi connectivity index (χ2n) is 4.08. The van der Waals surface area contributed by atoms with Gasteiger partial charge in [0.1, 0.15) is 0 Å². The number of hydrogen-bond acceptors (Lipinski definition) is 4. The predicted octanol–water partition coefficient (Wildman–Crippen LogP) is 0.620. The third-order valence-corrected chi connectivity index (χ3v) is 2.60. The molecule has 1 rings (SSSR count). The van der Waals surface area contributed by atoms with Crippen molar-refractivity contribution in [2.24, 2.45) is 0 Å². The number of aryl methyl sites for hydroxylation is 1. The first-order chi connectivity index (χ1) is 9.11. The van der Waals surface area contributed by atoms with Gasteiger partial charge in [-0.1, -0.05) is 6.07 Å². The first-order valence-electron chi connectivity index (χ1n) is 6.03. The molecule has 0 spiro atoms. The Bertz CT molecular complexity index is 408. The van der Waals surface area contributed by atoms with Crippen LogP contribution >= 0.6 is 0 Å². The van der Waals surface area contributed by atoms with Crippen LogP contribution in [0.3, 0.4) is 0 Å². The first-order valence-corrected chi connectivity index (χ1v) is 6.03. The Labute approximate surface area is 111 Å². The Morgan fingerprint density at radius 2 is 2.26 bits per heavy atom. The molecule has 1 aromatic rings. The SMILES string of the molecule is COC(CNC(=O)CCc1ccccn1)CC(=O)O. The van der Waals surface area contributed by atoms with Crippen LogP contribution in [-0.2, 0) is 20.7 Å². The van der Waals surface area contributed by atoms with Crippen LogP contribution < -0.4 is 5.32 Å². The molecule has 19 heavy (non-hydrogen) atoms. The van der Waals surface area contributed by atoms with E-state index in [9.17, 15) is 9.59 Å². The Kier molecular flexibility index (Phi) is 6.52. The lowest BCUT2D eigenvalue weighted by atomic mass is 10.2. The molecule has 0 aliphatic heterocycles. The Morgan fingerprint density at radius 1 is 1.47 bits per heavy atom. The zero-order valence-electron chi connectivity index (χ0n) is 10.8. The molecule has 0 saturated carbocycles. The summed E-state index contributed by atoms with van der Waals surface area (Å²) in [6.07, 6.45) is 1.93. The summed E-state index contributed by atoms with van der Waals surface area (Å²) in [4.78, 5) is 26.2. The molecule has 0 fully saturated rings. The van der Waals surface area contributed by atoms with Crippen LogP contribution in [0.1, 0.15) is 18.5 Å². The minimum atomic E-state index is -0.949.